The smallest absolute Gasteiger partial charge is 0.306 e. The van der Waals surface area contributed by atoms with Crippen molar-refractivity contribution >= 4 is 19.7 Å². The van der Waals surface area contributed by atoms with Crippen molar-refractivity contribution in [3.63, 3.8) is 0 Å². The highest BCUT2D eigenvalue weighted by Crippen LogP contribution is 2.38. The number of phosphoric acid groups is 1. The van der Waals surface area contributed by atoms with Crippen LogP contribution in [0.25, 0.3) is 0 Å². The lowest BCUT2D eigenvalue weighted by atomic mass is 10.0. The van der Waals surface area contributed by atoms with Gasteiger partial charge in [0.2, 0.25) is 5.91 Å². The largest absolute Gasteiger partial charge is 0.756 e. The van der Waals surface area contributed by atoms with Crippen molar-refractivity contribution in [3.8, 4) is 0 Å². The van der Waals surface area contributed by atoms with Gasteiger partial charge in [0, 0.05) is 12.8 Å². The molecule has 0 aromatic rings. The van der Waals surface area contributed by atoms with E-state index in [9.17, 15) is 19.0 Å². The van der Waals surface area contributed by atoms with Crippen LogP contribution in [0.4, 0.5) is 0 Å². The standard InChI is InChI=1S/C67H121N2O7P/c1-7-10-13-16-19-22-25-28-30-32-33-34-35-37-39-42-45-48-51-54-57-60-67(71)76-65(58-55-52-49-46-43-40-27-24-21-18-15-12-9-3)64(63-75-77(72,73)74-62-61-69(4,5)6)68-66(70)59-56-53-50-47-44-41-38-36-31-29-26-23-20-17-14-11-8-2/h19-20,22-23,28-31,33-34,38,41,55,58,64-65H,7-18,21,24-27,32,35-37,39-40,42-54,56-57,59-63H2,1-6H3,(H-,68,70,72,73)/b22-19-,23-20-,30-28-,31-29-,34-33-,41-38-,58-55+. The van der Waals surface area contributed by atoms with E-state index < -0.39 is 26.6 Å². The lowest BCUT2D eigenvalue weighted by Crippen LogP contribution is -2.47. The van der Waals surface area contributed by atoms with Crippen LogP contribution in [-0.4, -0.2) is 69.4 Å². The zero-order valence-electron chi connectivity index (χ0n) is 50.9. The Kier molecular flexibility index (Phi) is 54.4. The van der Waals surface area contributed by atoms with Crippen LogP contribution in [0.5, 0.6) is 0 Å². The van der Waals surface area contributed by atoms with Crippen LogP contribution in [-0.2, 0) is 27.9 Å². The molecular weight excluding hydrogens is 976 g/mol. The topological polar surface area (TPSA) is 114 Å². The van der Waals surface area contributed by atoms with Crippen LogP contribution in [0.2, 0.25) is 0 Å². The molecule has 446 valence electrons. The molecule has 0 saturated carbocycles. The molecule has 3 atom stereocenters. The van der Waals surface area contributed by atoms with Gasteiger partial charge in [-0.3, -0.25) is 14.2 Å². The number of esters is 1. The van der Waals surface area contributed by atoms with E-state index in [1.54, 1.807) is 0 Å². The molecule has 0 fully saturated rings. The molecule has 0 aromatic carbocycles. The number of amides is 1. The van der Waals surface area contributed by atoms with Crippen molar-refractivity contribution in [1.29, 1.82) is 0 Å². The Morgan fingerprint density at radius 1 is 0.455 bits per heavy atom. The molecule has 10 heteroatoms. The lowest BCUT2D eigenvalue weighted by molar-refractivity contribution is -0.870. The molecule has 9 nitrogen and oxygen atoms in total. The first-order valence-corrected chi connectivity index (χ1v) is 33.4. The highest BCUT2D eigenvalue weighted by molar-refractivity contribution is 7.45. The molecule has 3 unspecified atom stereocenters. The minimum Gasteiger partial charge on any atom is -0.756 e. The number of quaternary nitrogens is 1. The fourth-order valence-electron chi connectivity index (χ4n) is 8.83. The number of carbonyl (C=O) groups excluding carboxylic acids is 2. The Bertz CT molecular complexity index is 1590. The summed E-state index contributed by atoms with van der Waals surface area (Å²) in [5.41, 5.74) is 0. The fraction of sp³-hybridized carbons (Fsp3) is 0.761. The van der Waals surface area contributed by atoms with Gasteiger partial charge in [-0.25, -0.2) is 0 Å². The summed E-state index contributed by atoms with van der Waals surface area (Å²) in [7, 11) is 1.16. The predicted molar refractivity (Wildman–Crippen MR) is 330 cm³/mol. The maximum Gasteiger partial charge on any atom is 0.306 e. The zero-order valence-corrected chi connectivity index (χ0v) is 51.8. The average molecular weight is 1100 g/mol. The second-order valence-electron chi connectivity index (χ2n) is 22.6. The van der Waals surface area contributed by atoms with Gasteiger partial charge in [0.05, 0.1) is 33.8 Å². The Balaban J connectivity index is 5.31. The van der Waals surface area contributed by atoms with E-state index in [4.69, 9.17) is 13.8 Å². The van der Waals surface area contributed by atoms with Crippen LogP contribution in [0.15, 0.2) is 85.1 Å². The summed E-state index contributed by atoms with van der Waals surface area (Å²) in [5, 5.41) is 3.02. The molecule has 1 N–H and O–H groups in total. The third-order valence-electron chi connectivity index (χ3n) is 13.8. The summed E-state index contributed by atoms with van der Waals surface area (Å²) in [4.78, 5) is 40.0. The van der Waals surface area contributed by atoms with Crippen molar-refractivity contribution in [3.05, 3.63) is 85.1 Å². The highest BCUT2D eigenvalue weighted by Gasteiger charge is 2.27. The second-order valence-corrected chi connectivity index (χ2v) is 24.0. The Hall–Kier alpha value is -2.81. The summed E-state index contributed by atoms with van der Waals surface area (Å²) in [6.45, 7) is 6.77. The van der Waals surface area contributed by atoms with E-state index in [0.29, 0.717) is 17.4 Å². The van der Waals surface area contributed by atoms with Crippen molar-refractivity contribution < 1.29 is 37.3 Å². The quantitative estimate of drug-likeness (QED) is 0.0212. The Labute approximate surface area is 476 Å². The Morgan fingerprint density at radius 3 is 1.21 bits per heavy atom. The van der Waals surface area contributed by atoms with Crippen LogP contribution < -0.4 is 10.2 Å². The molecule has 0 heterocycles. The van der Waals surface area contributed by atoms with Gasteiger partial charge in [0.15, 0.2) is 0 Å². The highest BCUT2D eigenvalue weighted by atomic mass is 31.2. The van der Waals surface area contributed by atoms with Gasteiger partial charge in [-0.05, 0) is 109 Å². The van der Waals surface area contributed by atoms with Gasteiger partial charge in [-0.2, -0.15) is 0 Å². The SMILES string of the molecule is CCCCC/C=C\C/C=C\C/C=C\CCCCCCCCCCC(=O)OC(/C=C/CCCCCCCCCCCCC)C(COP(=O)([O-])OCC[N+](C)(C)C)NC(=O)CCCCCC/C=C\C/C=C\C/C=C\CCCCC. The molecule has 0 aromatic heterocycles. The number of rotatable bonds is 57. The number of hydrogen-bond acceptors (Lipinski definition) is 7. The first-order chi connectivity index (χ1) is 37.4. The number of ether oxygens (including phenoxy) is 1. The van der Waals surface area contributed by atoms with E-state index in [2.05, 4.69) is 99.0 Å². The van der Waals surface area contributed by atoms with Crippen molar-refractivity contribution in [2.75, 3.05) is 40.9 Å². The number of phosphoric ester groups is 1. The Morgan fingerprint density at radius 2 is 0.792 bits per heavy atom. The van der Waals surface area contributed by atoms with Crippen molar-refractivity contribution in [2.45, 2.75) is 290 Å². The maximum absolute atomic E-state index is 13.5. The molecule has 0 bridgehead atoms. The van der Waals surface area contributed by atoms with Crippen LogP contribution >= 0.6 is 7.82 Å². The summed E-state index contributed by atoms with van der Waals surface area (Å²) in [6.07, 6.45) is 74.0. The normalized spacial score (nSPS) is 14.2. The minimum absolute atomic E-state index is 0.0314. The summed E-state index contributed by atoms with van der Waals surface area (Å²) in [6, 6.07) is -0.907. The molecule has 1 amide bonds. The van der Waals surface area contributed by atoms with Crippen LogP contribution in [0.1, 0.15) is 278 Å². The molecule has 0 aliphatic rings. The average Bonchev–Trinajstić information content (AvgIpc) is 3.39. The van der Waals surface area contributed by atoms with Crippen LogP contribution in [0.3, 0.4) is 0 Å². The van der Waals surface area contributed by atoms with Crippen molar-refractivity contribution in [1.82, 2.24) is 5.32 Å². The molecule has 77 heavy (non-hydrogen) atoms. The lowest BCUT2D eigenvalue weighted by Gasteiger charge is -2.30. The predicted octanol–water partition coefficient (Wildman–Crippen LogP) is 19.1. The zero-order chi connectivity index (χ0) is 56.4. The van der Waals surface area contributed by atoms with E-state index in [1.165, 1.54) is 135 Å². The van der Waals surface area contributed by atoms with Crippen molar-refractivity contribution in [2.24, 2.45) is 0 Å². The number of allylic oxidation sites excluding steroid dienone is 13. The molecule has 0 aliphatic carbocycles. The number of carbonyl (C=O) groups is 2. The molecule has 0 rings (SSSR count). The first kappa shape index (κ1) is 74.2. The number of hydrogen-bond donors (Lipinski definition) is 1. The van der Waals surface area contributed by atoms with Gasteiger partial charge < -0.3 is 28.5 Å². The number of unbranched alkanes of at least 4 members (excludes halogenated alkanes) is 29. The third kappa shape index (κ3) is 57.7. The molecular formula is C67H121N2O7P. The van der Waals surface area contributed by atoms with E-state index in [-0.39, 0.29) is 31.3 Å². The van der Waals surface area contributed by atoms with E-state index in [0.717, 1.165) is 103 Å². The fourth-order valence-corrected chi connectivity index (χ4v) is 9.55. The summed E-state index contributed by atoms with van der Waals surface area (Å²) in [5.74, 6) is -0.574. The molecule has 0 spiro atoms. The first-order valence-electron chi connectivity index (χ1n) is 31.9. The van der Waals surface area contributed by atoms with Gasteiger partial charge in [-0.1, -0.05) is 241 Å². The minimum atomic E-state index is -4.71. The summed E-state index contributed by atoms with van der Waals surface area (Å²) < 4.78 is 30.3. The summed E-state index contributed by atoms with van der Waals surface area (Å²) >= 11 is 0. The third-order valence-corrected chi connectivity index (χ3v) is 14.8. The second kappa shape index (κ2) is 56.5. The van der Waals surface area contributed by atoms with Gasteiger partial charge in [0.25, 0.3) is 7.82 Å². The molecule has 0 radical (unpaired) electrons. The van der Waals surface area contributed by atoms with Gasteiger partial charge >= 0.3 is 5.97 Å². The van der Waals surface area contributed by atoms with Crippen LogP contribution in [0, 0.1) is 0 Å². The monoisotopic (exact) mass is 1100 g/mol. The van der Waals surface area contributed by atoms with Gasteiger partial charge in [-0.15, -0.1) is 0 Å². The number of nitrogens with one attached hydrogen (secondary N) is 1. The molecule has 0 aliphatic heterocycles. The van der Waals surface area contributed by atoms with Gasteiger partial charge in [0.1, 0.15) is 19.3 Å². The molecule has 0 saturated heterocycles. The number of likely N-dealkylation sites (N-methyl/N-ethyl adjacent to an activating group) is 1. The van der Waals surface area contributed by atoms with E-state index in [1.807, 2.05) is 33.3 Å². The van der Waals surface area contributed by atoms with E-state index >= 15 is 0 Å². The maximum atomic E-state index is 13.5. The number of nitrogens with zero attached hydrogens (tertiary/aromatic N) is 1.